The minimum Gasteiger partial charge on any atom is -0.316 e. The van der Waals surface area contributed by atoms with E-state index in [9.17, 15) is 10.1 Å². The van der Waals surface area contributed by atoms with E-state index in [1.807, 2.05) is 24.3 Å². The first-order valence-corrected chi connectivity index (χ1v) is 9.73. The standard InChI is InChI=1S/C18H14N4OS2/c19-8-13-11-5-3-7-15(11)25-18(13)22-16(23)9-24-17-12-4-1-2-6-14(12)20-10-21-17/h1-2,4,6,10H,3,5,7,9H2,(H,22,23). The first kappa shape index (κ1) is 16.1. The minimum atomic E-state index is -0.121. The fraction of sp³-hybridized carbons (Fsp3) is 0.222. The Morgan fingerprint density at radius 3 is 3.08 bits per heavy atom. The van der Waals surface area contributed by atoms with Crippen molar-refractivity contribution in [1.29, 1.82) is 5.26 Å². The van der Waals surface area contributed by atoms with Crippen molar-refractivity contribution in [1.82, 2.24) is 9.97 Å². The zero-order valence-corrected chi connectivity index (χ0v) is 14.9. The molecule has 1 aliphatic rings. The molecule has 0 aliphatic heterocycles. The Morgan fingerprint density at radius 2 is 2.20 bits per heavy atom. The number of hydrogen-bond donors (Lipinski definition) is 1. The maximum absolute atomic E-state index is 12.3. The molecule has 1 aromatic carbocycles. The first-order valence-electron chi connectivity index (χ1n) is 7.93. The van der Waals surface area contributed by atoms with Crippen molar-refractivity contribution in [3.63, 3.8) is 0 Å². The zero-order valence-electron chi connectivity index (χ0n) is 13.3. The molecule has 0 bridgehead atoms. The van der Waals surface area contributed by atoms with Crippen molar-refractivity contribution in [2.24, 2.45) is 0 Å². The van der Waals surface area contributed by atoms with Gasteiger partial charge in [0.2, 0.25) is 5.91 Å². The second kappa shape index (κ2) is 6.82. The molecule has 7 heteroatoms. The van der Waals surface area contributed by atoms with Gasteiger partial charge in [0, 0.05) is 10.3 Å². The molecule has 4 rings (SSSR count). The second-order valence-corrected chi connectivity index (χ2v) is 7.78. The van der Waals surface area contributed by atoms with Crippen molar-refractivity contribution >= 4 is 44.9 Å². The van der Waals surface area contributed by atoms with Crippen LogP contribution in [0, 0.1) is 11.3 Å². The van der Waals surface area contributed by atoms with Crippen molar-refractivity contribution < 1.29 is 4.79 Å². The van der Waals surface area contributed by atoms with E-state index < -0.39 is 0 Å². The van der Waals surface area contributed by atoms with Gasteiger partial charge in [0.1, 0.15) is 22.4 Å². The minimum absolute atomic E-state index is 0.121. The molecule has 0 radical (unpaired) electrons. The summed E-state index contributed by atoms with van der Waals surface area (Å²) in [6.45, 7) is 0. The Kier molecular flexibility index (Phi) is 4.38. The van der Waals surface area contributed by atoms with E-state index in [2.05, 4.69) is 21.4 Å². The number of carbonyl (C=O) groups is 1. The summed E-state index contributed by atoms with van der Waals surface area (Å²) in [5.74, 6) is 0.123. The molecule has 1 amide bonds. The number of carbonyl (C=O) groups excluding carboxylic acids is 1. The number of fused-ring (bicyclic) bond motifs is 2. The van der Waals surface area contributed by atoms with Crippen LogP contribution in [0.3, 0.4) is 0 Å². The Morgan fingerprint density at radius 1 is 1.32 bits per heavy atom. The van der Waals surface area contributed by atoms with Gasteiger partial charge >= 0.3 is 0 Å². The Balaban J connectivity index is 1.47. The highest BCUT2D eigenvalue weighted by atomic mass is 32.2. The van der Waals surface area contributed by atoms with Crippen LogP contribution in [0.15, 0.2) is 35.6 Å². The smallest absolute Gasteiger partial charge is 0.235 e. The highest BCUT2D eigenvalue weighted by Crippen LogP contribution is 2.38. The van der Waals surface area contributed by atoms with Crippen molar-refractivity contribution in [2.75, 3.05) is 11.1 Å². The monoisotopic (exact) mass is 366 g/mol. The Hall–Kier alpha value is -2.43. The molecule has 0 unspecified atom stereocenters. The summed E-state index contributed by atoms with van der Waals surface area (Å²) in [6.07, 6.45) is 4.55. The molecule has 3 aromatic rings. The third-order valence-corrected chi connectivity index (χ3v) is 6.34. The number of aromatic nitrogens is 2. The second-order valence-electron chi connectivity index (χ2n) is 5.71. The summed E-state index contributed by atoms with van der Waals surface area (Å²) >= 11 is 2.92. The van der Waals surface area contributed by atoms with Gasteiger partial charge in [-0.25, -0.2) is 9.97 Å². The third kappa shape index (κ3) is 3.11. The average Bonchev–Trinajstić information content (AvgIpc) is 3.20. The largest absolute Gasteiger partial charge is 0.316 e. The number of thioether (sulfide) groups is 1. The lowest BCUT2D eigenvalue weighted by atomic mass is 10.1. The maximum Gasteiger partial charge on any atom is 0.235 e. The van der Waals surface area contributed by atoms with Gasteiger partial charge in [-0.2, -0.15) is 5.26 Å². The number of para-hydroxylation sites is 1. The molecule has 5 nitrogen and oxygen atoms in total. The van der Waals surface area contributed by atoms with E-state index in [0.29, 0.717) is 10.6 Å². The fourth-order valence-corrected chi connectivity index (χ4v) is 5.05. The lowest BCUT2D eigenvalue weighted by molar-refractivity contribution is -0.113. The normalized spacial score (nSPS) is 12.8. The number of nitrogens with one attached hydrogen (secondary N) is 1. The number of thiophene rings is 1. The van der Waals surface area contributed by atoms with Gasteiger partial charge in [-0.15, -0.1) is 11.3 Å². The lowest BCUT2D eigenvalue weighted by Crippen LogP contribution is -2.14. The van der Waals surface area contributed by atoms with Crippen molar-refractivity contribution in [3.05, 3.63) is 46.6 Å². The number of aryl methyl sites for hydroxylation is 1. The number of benzene rings is 1. The van der Waals surface area contributed by atoms with E-state index >= 15 is 0 Å². The van der Waals surface area contributed by atoms with Crippen molar-refractivity contribution in [3.8, 4) is 6.07 Å². The van der Waals surface area contributed by atoms with Crippen LogP contribution in [0.25, 0.3) is 10.9 Å². The molecule has 0 fully saturated rings. The first-order chi connectivity index (χ1) is 12.3. The highest BCUT2D eigenvalue weighted by molar-refractivity contribution is 8.00. The van der Waals surface area contributed by atoms with E-state index in [-0.39, 0.29) is 11.7 Å². The summed E-state index contributed by atoms with van der Waals surface area (Å²) in [6, 6.07) is 9.98. The average molecular weight is 366 g/mol. The van der Waals surface area contributed by atoms with Crippen LogP contribution >= 0.6 is 23.1 Å². The molecular formula is C18H14N4OS2. The molecule has 124 valence electrons. The summed E-state index contributed by atoms with van der Waals surface area (Å²) in [7, 11) is 0. The van der Waals surface area contributed by atoms with E-state index in [4.69, 9.17) is 0 Å². The predicted molar refractivity (Wildman–Crippen MR) is 100.0 cm³/mol. The molecular weight excluding hydrogens is 352 g/mol. The Labute approximate surface area is 153 Å². The number of hydrogen-bond acceptors (Lipinski definition) is 6. The van der Waals surface area contributed by atoms with Crippen LogP contribution in [0.5, 0.6) is 0 Å². The zero-order chi connectivity index (χ0) is 17.2. The third-order valence-electron chi connectivity index (χ3n) is 4.13. The van der Waals surface area contributed by atoms with Gasteiger partial charge in [0.15, 0.2) is 0 Å². The number of amides is 1. The van der Waals surface area contributed by atoms with Gasteiger partial charge in [-0.3, -0.25) is 4.79 Å². The van der Waals surface area contributed by atoms with E-state index in [1.165, 1.54) is 34.3 Å². The van der Waals surface area contributed by atoms with Crippen LogP contribution in [0.2, 0.25) is 0 Å². The summed E-state index contributed by atoms with van der Waals surface area (Å²) in [4.78, 5) is 22.1. The highest BCUT2D eigenvalue weighted by Gasteiger charge is 2.23. The topological polar surface area (TPSA) is 78.7 Å². The fourth-order valence-electron chi connectivity index (χ4n) is 3.00. The summed E-state index contributed by atoms with van der Waals surface area (Å²) < 4.78 is 0. The van der Waals surface area contributed by atoms with Crippen LogP contribution in [0.4, 0.5) is 5.00 Å². The number of anilines is 1. The lowest BCUT2D eigenvalue weighted by Gasteiger charge is -2.05. The summed E-state index contributed by atoms with van der Waals surface area (Å²) in [5.41, 5.74) is 2.63. The van der Waals surface area contributed by atoms with E-state index in [0.717, 1.165) is 40.8 Å². The summed E-state index contributed by atoms with van der Waals surface area (Å²) in [5, 5.41) is 14.7. The van der Waals surface area contributed by atoms with Gasteiger partial charge in [0.05, 0.1) is 16.8 Å². The molecule has 1 aliphatic carbocycles. The van der Waals surface area contributed by atoms with Gasteiger partial charge in [-0.05, 0) is 30.9 Å². The van der Waals surface area contributed by atoms with Gasteiger partial charge in [-0.1, -0.05) is 30.0 Å². The van der Waals surface area contributed by atoms with E-state index in [1.54, 1.807) is 0 Å². The SMILES string of the molecule is N#Cc1c(NC(=O)CSc2ncnc3ccccc23)sc2c1CCC2. The Bertz CT molecular complexity index is 1000. The molecule has 0 saturated heterocycles. The molecule has 0 saturated carbocycles. The predicted octanol–water partition coefficient (Wildman–Crippen LogP) is 3.78. The molecule has 1 N–H and O–H groups in total. The molecule has 0 atom stereocenters. The van der Waals surface area contributed by atoms with Crippen LogP contribution < -0.4 is 5.32 Å². The van der Waals surface area contributed by atoms with Crippen LogP contribution in [0.1, 0.15) is 22.4 Å². The maximum atomic E-state index is 12.3. The molecule has 0 spiro atoms. The number of nitrogens with zero attached hydrogens (tertiary/aromatic N) is 3. The number of rotatable bonds is 4. The number of nitriles is 1. The molecule has 2 aromatic heterocycles. The molecule has 2 heterocycles. The van der Waals surface area contributed by atoms with Gasteiger partial charge < -0.3 is 5.32 Å². The van der Waals surface area contributed by atoms with Crippen LogP contribution in [-0.2, 0) is 17.6 Å². The van der Waals surface area contributed by atoms with Crippen molar-refractivity contribution in [2.45, 2.75) is 24.3 Å². The van der Waals surface area contributed by atoms with Crippen LogP contribution in [-0.4, -0.2) is 21.6 Å². The quantitative estimate of drug-likeness (QED) is 0.561. The molecule has 25 heavy (non-hydrogen) atoms. The van der Waals surface area contributed by atoms with Gasteiger partial charge in [0.25, 0.3) is 0 Å².